The van der Waals surface area contributed by atoms with Gasteiger partial charge in [-0.3, -0.25) is 0 Å². The number of nitrogens with one attached hydrogen (secondary N) is 1. The second-order valence-corrected chi connectivity index (χ2v) is 6.20. The predicted molar refractivity (Wildman–Crippen MR) is 92.1 cm³/mol. The minimum absolute atomic E-state index is 0.900. The normalized spacial score (nSPS) is 10.9. The molecule has 0 fully saturated rings. The summed E-state index contributed by atoms with van der Waals surface area (Å²) in [5.74, 6) is 1.30. The first-order chi connectivity index (χ1) is 10.4. The third-order valence-corrected chi connectivity index (χ3v) is 4.13. The molecule has 21 heavy (non-hydrogen) atoms. The van der Waals surface area contributed by atoms with Crippen molar-refractivity contribution in [3.8, 4) is 5.69 Å². The van der Waals surface area contributed by atoms with Crippen molar-refractivity contribution >= 4 is 11.8 Å². The molecule has 0 bridgehead atoms. The molecule has 0 aliphatic rings. The predicted octanol–water partition coefficient (Wildman–Crippen LogP) is 3.89. The van der Waals surface area contributed by atoms with Crippen LogP contribution in [0.4, 0.5) is 0 Å². The molecule has 0 amide bonds. The molecule has 0 radical (unpaired) electrons. The largest absolute Gasteiger partial charge is 0.313 e. The van der Waals surface area contributed by atoms with Gasteiger partial charge in [-0.15, -0.1) is 0 Å². The molecule has 1 aromatic heterocycles. The summed E-state index contributed by atoms with van der Waals surface area (Å²) in [6.45, 7) is 1.99. The average Bonchev–Trinajstić information content (AvgIpc) is 3.00. The first-order valence-corrected chi connectivity index (χ1v) is 9.08. The van der Waals surface area contributed by atoms with E-state index in [4.69, 9.17) is 0 Å². The number of thioether (sulfide) groups is 1. The van der Waals surface area contributed by atoms with Crippen LogP contribution in [0.2, 0.25) is 0 Å². The van der Waals surface area contributed by atoms with E-state index in [-0.39, 0.29) is 0 Å². The van der Waals surface area contributed by atoms with Crippen LogP contribution in [0.5, 0.6) is 0 Å². The first kappa shape index (κ1) is 16.1. The Balaban J connectivity index is 1.63. The molecule has 0 spiro atoms. The highest BCUT2D eigenvalue weighted by Crippen LogP contribution is 2.08. The van der Waals surface area contributed by atoms with Crippen molar-refractivity contribution in [2.45, 2.75) is 32.2 Å². The standard InChI is InChI=1S/C17H25N3S/c1-21-12-8-3-2-7-11-18-13-16-14-19-20(15-16)17-9-5-4-6-10-17/h4-6,9-10,14-15,18H,2-3,7-8,11-13H2,1H3. The van der Waals surface area contributed by atoms with E-state index in [9.17, 15) is 0 Å². The Labute approximate surface area is 132 Å². The minimum atomic E-state index is 0.900. The van der Waals surface area contributed by atoms with Crippen molar-refractivity contribution in [2.75, 3.05) is 18.6 Å². The highest BCUT2D eigenvalue weighted by atomic mass is 32.2. The van der Waals surface area contributed by atoms with E-state index in [1.54, 1.807) is 0 Å². The molecule has 1 N–H and O–H groups in total. The quantitative estimate of drug-likeness (QED) is 0.675. The zero-order valence-corrected chi connectivity index (χ0v) is 13.6. The Kier molecular flexibility index (Phi) is 7.39. The van der Waals surface area contributed by atoms with E-state index in [2.05, 4.69) is 35.0 Å². The van der Waals surface area contributed by atoms with Crippen LogP contribution in [0, 0.1) is 0 Å². The summed E-state index contributed by atoms with van der Waals surface area (Å²) >= 11 is 1.94. The van der Waals surface area contributed by atoms with Crippen LogP contribution in [-0.2, 0) is 6.54 Å². The van der Waals surface area contributed by atoms with Gasteiger partial charge in [0.2, 0.25) is 0 Å². The van der Waals surface area contributed by atoms with E-state index < -0.39 is 0 Å². The molecule has 0 saturated carbocycles. The van der Waals surface area contributed by atoms with E-state index in [1.807, 2.05) is 40.8 Å². The van der Waals surface area contributed by atoms with Crippen LogP contribution < -0.4 is 5.32 Å². The zero-order valence-electron chi connectivity index (χ0n) is 12.8. The van der Waals surface area contributed by atoms with E-state index >= 15 is 0 Å². The van der Waals surface area contributed by atoms with E-state index in [0.717, 1.165) is 18.8 Å². The summed E-state index contributed by atoms with van der Waals surface area (Å²) in [5.41, 5.74) is 2.35. The number of aromatic nitrogens is 2. The summed E-state index contributed by atoms with van der Waals surface area (Å²) in [4.78, 5) is 0. The van der Waals surface area contributed by atoms with Crippen molar-refractivity contribution in [1.29, 1.82) is 0 Å². The van der Waals surface area contributed by atoms with E-state index in [1.165, 1.54) is 37.0 Å². The Morgan fingerprint density at radius 2 is 1.90 bits per heavy atom. The monoisotopic (exact) mass is 303 g/mol. The fraction of sp³-hybridized carbons (Fsp3) is 0.471. The average molecular weight is 303 g/mol. The molecule has 0 unspecified atom stereocenters. The van der Waals surface area contributed by atoms with Crippen LogP contribution in [0.25, 0.3) is 5.69 Å². The van der Waals surface area contributed by atoms with Gasteiger partial charge in [-0.1, -0.05) is 31.0 Å². The third kappa shape index (κ3) is 5.94. The minimum Gasteiger partial charge on any atom is -0.313 e. The summed E-state index contributed by atoms with van der Waals surface area (Å²) in [6, 6.07) is 10.2. The molecule has 2 rings (SSSR count). The number of nitrogens with zero attached hydrogens (tertiary/aromatic N) is 2. The number of rotatable bonds is 10. The van der Waals surface area contributed by atoms with Crippen molar-refractivity contribution in [3.05, 3.63) is 48.3 Å². The van der Waals surface area contributed by atoms with Gasteiger partial charge in [-0.25, -0.2) is 4.68 Å². The summed E-state index contributed by atoms with van der Waals surface area (Å²) in [5, 5.41) is 7.91. The first-order valence-electron chi connectivity index (χ1n) is 7.69. The van der Waals surface area contributed by atoms with Gasteiger partial charge in [0.25, 0.3) is 0 Å². The molecule has 0 saturated heterocycles. The van der Waals surface area contributed by atoms with Gasteiger partial charge in [-0.05, 0) is 43.5 Å². The van der Waals surface area contributed by atoms with Crippen molar-refractivity contribution in [1.82, 2.24) is 15.1 Å². The number of hydrogen-bond acceptors (Lipinski definition) is 3. The number of unbranched alkanes of at least 4 members (excludes halogenated alkanes) is 3. The SMILES string of the molecule is CSCCCCCCNCc1cnn(-c2ccccc2)c1. The Morgan fingerprint density at radius 3 is 2.71 bits per heavy atom. The van der Waals surface area contributed by atoms with E-state index in [0.29, 0.717) is 0 Å². The molecule has 4 heteroatoms. The molecule has 0 aliphatic carbocycles. The van der Waals surface area contributed by atoms with Gasteiger partial charge in [-0.2, -0.15) is 16.9 Å². The third-order valence-electron chi connectivity index (χ3n) is 3.44. The molecule has 2 aromatic rings. The van der Waals surface area contributed by atoms with Crippen LogP contribution in [0.3, 0.4) is 0 Å². The molecule has 0 aliphatic heterocycles. The smallest absolute Gasteiger partial charge is 0.0645 e. The Bertz CT molecular complexity index is 496. The highest BCUT2D eigenvalue weighted by Gasteiger charge is 2.00. The van der Waals surface area contributed by atoms with Gasteiger partial charge >= 0.3 is 0 Å². The van der Waals surface area contributed by atoms with Gasteiger partial charge in [0, 0.05) is 18.3 Å². The topological polar surface area (TPSA) is 29.9 Å². The van der Waals surface area contributed by atoms with Crippen LogP contribution in [0.1, 0.15) is 31.2 Å². The van der Waals surface area contributed by atoms with Gasteiger partial charge < -0.3 is 5.32 Å². The van der Waals surface area contributed by atoms with Crippen LogP contribution in [-0.4, -0.2) is 28.3 Å². The fourth-order valence-corrected chi connectivity index (χ4v) is 2.75. The lowest BCUT2D eigenvalue weighted by Crippen LogP contribution is -2.14. The molecule has 3 nitrogen and oxygen atoms in total. The van der Waals surface area contributed by atoms with Gasteiger partial charge in [0.1, 0.15) is 0 Å². The second-order valence-electron chi connectivity index (χ2n) is 5.21. The van der Waals surface area contributed by atoms with Crippen LogP contribution in [0.15, 0.2) is 42.7 Å². The number of hydrogen-bond donors (Lipinski definition) is 1. The van der Waals surface area contributed by atoms with Crippen molar-refractivity contribution in [2.24, 2.45) is 0 Å². The molecule has 114 valence electrons. The van der Waals surface area contributed by atoms with Crippen LogP contribution >= 0.6 is 11.8 Å². The summed E-state index contributed by atoms with van der Waals surface area (Å²) in [7, 11) is 0. The summed E-state index contributed by atoms with van der Waals surface area (Å²) < 4.78 is 1.93. The molecule has 0 atom stereocenters. The summed E-state index contributed by atoms with van der Waals surface area (Å²) in [6.07, 6.45) is 11.5. The lowest BCUT2D eigenvalue weighted by molar-refractivity contribution is 0.599. The number of benzene rings is 1. The van der Waals surface area contributed by atoms with Gasteiger partial charge in [0.05, 0.1) is 11.9 Å². The molecular weight excluding hydrogens is 278 g/mol. The maximum atomic E-state index is 4.41. The molecule has 1 aromatic carbocycles. The van der Waals surface area contributed by atoms with Crippen molar-refractivity contribution < 1.29 is 0 Å². The Morgan fingerprint density at radius 1 is 1.10 bits per heavy atom. The maximum Gasteiger partial charge on any atom is 0.0645 e. The highest BCUT2D eigenvalue weighted by molar-refractivity contribution is 7.98. The van der Waals surface area contributed by atoms with Gasteiger partial charge in [0.15, 0.2) is 0 Å². The lowest BCUT2D eigenvalue weighted by Gasteiger charge is -2.03. The van der Waals surface area contributed by atoms with Crippen molar-refractivity contribution in [3.63, 3.8) is 0 Å². The zero-order chi connectivity index (χ0) is 14.8. The molecule has 1 heterocycles. The maximum absolute atomic E-state index is 4.41. The lowest BCUT2D eigenvalue weighted by atomic mass is 10.2. The Hall–Kier alpha value is -1.26. The molecular formula is C17H25N3S. The fourth-order valence-electron chi connectivity index (χ4n) is 2.26. The second kappa shape index (κ2) is 9.64. The number of para-hydroxylation sites is 1.